The molecule has 0 aromatic heterocycles. The molecule has 0 atom stereocenters. The summed E-state index contributed by atoms with van der Waals surface area (Å²) in [6.07, 6.45) is 2.09. The lowest BCUT2D eigenvalue weighted by Gasteiger charge is -2.26. The van der Waals surface area contributed by atoms with Gasteiger partial charge in [0.25, 0.3) is 5.92 Å². The third kappa shape index (κ3) is 5.59. The molecule has 0 aromatic rings. The van der Waals surface area contributed by atoms with E-state index in [2.05, 4.69) is 5.32 Å². The lowest BCUT2D eigenvalue weighted by molar-refractivity contribution is -0.138. The quantitative estimate of drug-likeness (QED) is 0.754. The van der Waals surface area contributed by atoms with Crippen LogP contribution in [0, 0.1) is 0 Å². The van der Waals surface area contributed by atoms with Crippen LogP contribution in [0.4, 0.5) is 8.78 Å². The summed E-state index contributed by atoms with van der Waals surface area (Å²) in [4.78, 5) is 24.1. The fraction of sp³-hybridized carbons (Fsp3) is 0.800. The van der Waals surface area contributed by atoms with Crippen LogP contribution in [-0.4, -0.2) is 48.8 Å². The van der Waals surface area contributed by atoms with Gasteiger partial charge in [-0.1, -0.05) is 0 Å². The van der Waals surface area contributed by atoms with Gasteiger partial charge in [-0.3, -0.25) is 9.59 Å². The van der Waals surface area contributed by atoms with Crippen LogP contribution in [0.15, 0.2) is 0 Å². The molecule has 3 N–H and O–H groups in total. The normalized spacial score (nSPS) is 16.2. The highest BCUT2D eigenvalue weighted by atomic mass is 35.5. The van der Waals surface area contributed by atoms with Crippen molar-refractivity contribution in [3.05, 3.63) is 0 Å². The van der Waals surface area contributed by atoms with E-state index in [9.17, 15) is 18.4 Å². The van der Waals surface area contributed by atoms with Crippen molar-refractivity contribution >= 4 is 24.2 Å². The molecule has 5 nitrogen and oxygen atoms in total. The summed E-state index contributed by atoms with van der Waals surface area (Å²) >= 11 is 0. The van der Waals surface area contributed by atoms with Crippen LogP contribution in [0.1, 0.15) is 19.3 Å². The van der Waals surface area contributed by atoms with E-state index in [0.29, 0.717) is 13.0 Å². The molecule has 1 rings (SSSR count). The van der Waals surface area contributed by atoms with Crippen molar-refractivity contribution in [3.63, 3.8) is 0 Å². The Morgan fingerprint density at radius 1 is 1.44 bits per heavy atom. The van der Waals surface area contributed by atoms with Gasteiger partial charge in [0.15, 0.2) is 0 Å². The molecule has 0 aliphatic carbocycles. The Morgan fingerprint density at radius 2 is 2.11 bits per heavy atom. The number of carbonyl (C=O) groups excluding carboxylic acids is 2. The van der Waals surface area contributed by atoms with Gasteiger partial charge < -0.3 is 16.0 Å². The summed E-state index contributed by atoms with van der Waals surface area (Å²) in [5.74, 6) is -3.77. The maximum absolute atomic E-state index is 12.7. The van der Waals surface area contributed by atoms with Crippen molar-refractivity contribution in [3.8, 4) is 0 Å². The minimum absolute atomic E-state index is 0. The molecule has 0 spiro atoms. The number of carbonyl (C=O) groups is 2. The first-order valence-corrected chi connectivity index (χ1v) is 5.57. The van der Waals surface area contributed by atoms with Crippen molar-refractivity contribution in [2.45, 2.75) is 25.2 Å². The average molecular weight is 286 g/mol. The lowest BCUT2D eigenvalue weighted by atomic mass is 10.1. The molecule has 0 radical (unpaired) electrons. The van der Waals surface area contributed by atoms with Crippen molar-refractivity contribution in [2.24, 2.45) is 5.73 Å². The molecule has 18 heavy (non-hydrogen) atoms. The van der Waals surface area contributed by atoms with Gasteiger partial charge >= 0.3 is 0 Å². The first-order valence-electron chi connectivity index (χ1n) is 5.57. The van der Waals surface area contributed by atoms with Crippen LogP contribution < -0.4 is 11.1 Å². The van der Waals surface area contributed by atoms with Crippen LogP contribution in [0.25, 0.3) is 0 Å². The predicted molar refractivity (Wildman–Crippen MR) is 64.7 cm³/mol. The van der Waals surface area contributed by atoms with E-state index >= 15 is 0 Å². The number of nitrogens with zero attached hydrogens (tertiary/aromatic N) is 1. The number of nitrogens with one attached hydrogen (secondary N) is 1. The number of rotatable bonds is 5. The van der Waals surface area contributed by atoms with Crippen LogP contribution in [-0.2, 0) is 9.59 Å². The van der Waals surface area contributed by atoms with Crippen molar-refractivity contribution in [1.29, 1.82) is 0 Å². The smallest absolute Gasteiger partial charge is 0.277 e. The number of halogens is 3. The molecular formula is C10H18ClF2N3O2. The number of likely N-dealkylation sites (tertiary alicyclic amines) is 1. The molecule has 106 valence electrons. The fourth-order valence-electron chi connectivity index (χ4n) is 1.56. The van der Waals surface area contributed by atoms with E-state index in [4.69, 9.17) is 5.73 Å². The molecule has 1 saturated heterocycles. The molecule has 1 aliphatic rings. The Balaban J connectivity index is 0.00000289. The Hall–Kier alpha value is -0.950. The maximum atomic E-state index is 12.7. The second kappa shape index (κ2) is 7.48. The third-order valence-corrected chi connectivity index (χ3v) is 2.60. The number of hydrogen-bond acceptors (Lipinski definition) is 3. The standard InChI is InChI=1S/C10H17F2N3O2.ClH/c11-10(12,6-13)7-14-8(16)5-15-4-2-1-3-9(15)17;/h1-7,13H2,(H,14,16);1H. The lowest BCUT2D eigenvalue weighted by Crippen LogP contribution is -2.47. The SMILES string of the molecule is Cl.NCC(F)(F)CNC(=O)CN1CCCCC1=O. The first kappa shape index (κ1) is 17.1. The Kier molecular flexibility index (Phi) is 7.08. The van der Waals surface area contributed by atoms with Gasteiger partial charge in [-0.2, -0.15) is 0 Å². The summed E-state index contributed by atoms with van der Waals surface area (Å²) in [6.45, 7) is -1.24. The van der Waals surface area contributed by atoms with Crippen LogP contribution in [0.3, 0.4) is 0 Å². The van der Waals surface area contributed by atoms with Gasteiger partial charge in [0.1, 0.15) is 0 Å². The molecule has 0 unspecified atom stereocenters. The number of piperidine rings is 1. The molecule has 0 bridgehead atoms. The Morgan fingerprint density at radius 3 is 2.67 bits per heavy atom. The molecule has 0 saturated carbocycles. The van der Waals surface area contributed by atoms with E-state index in [1.54, 1.807) is 0 Å². The summed E-state index contributed by atoms with van der Waals surface area (Å²) in [7, 11) is 0. The van der Waals surface area contributed by atoms with Crippen molar-refractivity contribution in [2.75, 3.05) is 26.2 Å². The summed E-state index contributed by atoms with van der Waals surface area (Å²) in [6, 6.07) is 0. The molecule has 8 heteroatoms. The highest BCUT2D eigenvalue weighted by Crippen LogP contribution is 2.10. The molecule has 1 aliphatic heterocycles. The summed E-state index contributed by atoms with van der Waals surface area (Å²) in [5.41, 5.74) is 4.83. The van der Waals surface area contributed by atoms with E-state index in [-0.39, 0.29) is 24.9 Å². The Labute approximate surface area is 110 Å². The zero-order valence-corrected chi connectivity index (χ0v) is 10.8. The molecule has 1 heterocycles. The monoisotopic (exact) mass is 285 g/mol. The first-order chi connectivity index (χ1) is 7.94. The largest absolute Gasteiger partial charge is 0.348 e. The number of alkyl halides is 2. The third-order valence-electron chi connectivity index (χ3n) is 2.60. The predicted octanol–water partition coefficient (Wildman–Crippen LogP) is 0.131. The van der Waals surface area contributed by atoms with Gasteiger partial charge in [-0.25, -0.2) is 8.78 Å². The summed E-state index contributed by atoms with van der Waals surface area (Å²) < 4.78 is 25.5. The minimum atomic E-state index is -3.10. The Bertz CT molecular complexity index is 303. The van der Waals surface area contributed by atoms with E-state index < -0.39 is 24.9 Å². The molecule has 1 fully saturated rings. The second-order valence-corrected chi connectivity index (χ2v) is 4.11. The van der Waals surface area contributed by atoms with Crippen LogP contribution in [0.2, 0.25) is 0 Å². The van der Waals surface area contributed by atoms with E-state index in [0.717, 1.165) is 12.8 Å². The number of nitrogens with two attached hydrogens (primary N) is 1. The van der Waals surface area contributed by atoms with Crippen LogP contribution >= 0.6 is 12.4 Å². The highest BCUT2D eigenvalue weighted by Gasteiger charge is 2.28. The fourth-order valence-corrected chi connectivity index (χ4v) is 1.56. The van der Waals surface area contributed by atoms with Gasteiger partial charge in [-0.15, -0.1) is 12.4 Å². The van der Waals surface area contributed by atoms with Crippen molar-refractivity contribution < 1.29 is 18.4 Å². The highest BCUT2D eigenvalue weighted by molar-refractivity contribution is 5.85. The minimum Gasteiger partial charge on any atom is -0.348 e. The second-order valence-electron chi connectivity index (χ2n) is 4.11. The maximum Gasteiger partial charge on any atom is 0.277 e. The van der Waals surface area contributed by atoms with Crippen LogP contribution in [0.5, 0.6) is 0 Å². The number of amides is 2. The van der Waals surface area contributed by atoms with Gasteiger partial charge in [0.05, 0.1) is 19.6 Å². The molecular weight excluding hydrogens is 268 g/mol. The van der Waals surface area contributed by atoms with E-state index in [1.165, 1.54) is 4.90 Å². The van der Waals surface area contributed by atoms with Crippen molar-refractivity contribution in [1.82, 2.24) is 10.2 Å². The zero-order valence-electron chi connectivity index (χ0n) is 9.95. The molecule has 0 aromatic carbocycles. The topological polar surface area (TPSA) is 75.4 Å². The summed E-state index contributed by atoms with van der Waals surface area (Å²) in [5, 5.41) is 2.08. The number of hydrogen-bond donors (Lipinski definition) is 2. The van der Waals surface area contributed by atoms with Gasteiger partial charge in [0, 0.05) is 13.0 Å². The molecule has 2 amide bonds. The van der Waals surface area contributed by atoms with Gasteiger partial charge in [-0.05, 0) is 12.8 Å². The van der Waals surface area contributed by atoms with Gasteiger partial charge in [0.2, 0.25) is 11.8 Å². The zero-order chi connectivity index (χ0) is 12.9. The van der Waals surface area contributed by atoms with E-state index in [1.807, 2.05) is 0 Å². The average Bonchev–Trinajstić information content (AvgIpc) is 2.30.